The van der Waals surface area contributed by atoms with Gasteiger partial charge in [-0.1, -0.05) is 121 Å². The van der Waals surface area contributed by atoms with Crippen LogP contribution < -0.4 is 9.80 Å². The summed E-state index contributed by atoms with van der Waals surface area (Å²) in [5.74, 6) is 1.40. The molecule has 2 unspecified atom stereocenters. The molecule has 1 fully saturated rings. The zero-order valence-corrected chi connectivity index (χ0v) is 26.1. The lowest BCUT2D eigenvalue weighted by Gasteiger charge is -2.29. The second-order valence-electron chi connectivity index (χ2n) is 12.6. The molecule has 0 bridgehead atoms. The van der Waals surface area contributed by atoms with E-state index in [9.17, 15) is 0 Å². The van der Waals surface area contributed by atoms with Gasteiger partial charge < -0.3 is 9.80 Å². The van der Waals surface area contributed by atoms with E-state index in [1.54, 1.807) is 0 Å². The second-order valence-corrected chi connectivity index (χ2v) is 12.6. The monoisotopic (exact) mass is 602 g/mol. The van der Waals surface area contributed by atoms with Gasteiger partial charge in [0.25, 0.3) is 0 Å². The van der Waals surface area contributed by atoms with Crippen LogP contribution in [0.15, 0.2) is 176 Å². The molecule has 0 N–H and O–H groups in total. The third kappa shape index (κ3) is 4.99. The van der Waals surface area contributed by atoms with Crippen LogP contribution in [0.4, 0.5) is 34.1 Å². The van der Waals surface area contributed by atoms with Crippen molar-refractivity contribution in [2.75, 3.05) is 9.80 Å². The van der Waals surface area contributed by atoms with Crippen LogP contribution in [0.1, 0.15) is 23.5 Å². The van der Waals surface area contributed by atoms with Crippen LogP contribution in [-0.4, -0.2) is 0 Å². The normalized spacial score (nSPS) is 15.9. The molecule has 2 atom stereocenters. The van der Waals surface area contributed by atoms with Gasteiger partial charge in [-0.15, -0.1) is 0 Å². The Morgan fingerprint density at radius 1 is 0.426 bits per heavy atom. The summed E-state index contributed by atoms with van der Waals surface area (Å²) in [4.78, 5) is 4.76. The molecule has 2 heteroatoms. The average Bonchev–Trinajstić information content (AvgIpc) is 3.95. The Kier molecular flexibility index (Phi) is 6.71. The third-order valence-electron chi connectivity index (χ3n) is 9.73. The van der Waals surface area contributed by atoms with Gasteiger partial charge in [-0.3, -0.25) is 0 Å². The van der Waals surface area contributed by atoms with Crippen LogP contribution in [0.2, 0.25) is 0 Å². The highest BCUT2D eigenvalue weighted by Crippen LogP contribution is 2.55. The summed E-state index contributed by atoms with van der Waals surface area (Å²) >= 11 is 0. The Bertz CT molecular complexity index is 2210. The molecule has 0 saturated heterocycles. The minimum atomic E-state index is 0.677. The lowest BCUT2D eigenvalue weighted by molar-refractivity contribution is 0.994. The molecule has 0 aliphatic heterocycles. The van der Waals surface area contributed by atoms with Crippen molar-refractivity contribution in [2.45, 2.75) is 12.3 Å². The maximum Gasteiger partial charge on any atom is 0.0540 e. The first kappa shape index (κ1) is 27.5. The fourth-order valence-electron chi connectivity index (χ4n) is 7.29. The highest BCUT2D eigenvalue weighted by atomic mass is 15.1. The van der Waals surface area contributed by atoms with Crippen LogP contribution >= 0.6 is 0 Å². The molecule has 47 heavy (non-hydrogen) atoms. The Hall–Kier alpha value is -5.86. The molecule has 224 valence electrons. The van der Waals surface area contributed by atoms with E-state index in [0.29, 0.717) is 5.92 Å². The van der Waals surface area contributed by atoms with Crippen molar-refractivity contribution in [1.82, 2.24) is 0 Å². The minimum Gasteiger partial charge on any atom is -0.310 e. The molecule has 2 aliphatic carbocycles. The van der Waals surface area contributed by atoms with Gasteiger partial charge in [-0.05, 0) is 101 Å². The molecule has 7 aromatic rings. The lowest BCUT2D eigenvalue weighted by Crippen LogP contribution is -2.12. The number of anilines is 6. The van der Waals surface area contributed by atoms with Gasteiger partial charge in [0.05, 0.1) is 11.4 Å². The Morgan fingerprint density at radius 3 is 1.60 bits per heavy atom. The molecule has 1 saturated carbocycles. The third-order valence-corrected chi connectivity index (χ3v) is 9.73. The number of hydrogen-bond donors (Lipinski definition) is 0. The summed E-state index contributed by atoms with van der Waals surface area (Å²) in [5.41, 5.74) is 12.2. The van der Waals surface area contributed by atoms with Crippen molar-refractivity contribution < 1.29 is 0 Å². The summed E-state index contributed by atoms with van der Waals surface area (Å²) in [5, 5.41) is 2.46. The van der Waals surface area contributed by atoms with Crippen LogP contribution in [0, 0.1) is 5.92 Å². The van der Waals surface area contributed by atoms with Crippen molar-refractivity contribution in [3.8, 4) is 11.1 Å². The average molecular weight is 603 g/mol. The maximum atomic E-state index is 2.41. The summed E-state index contributed by atoms with van der Waals surface area (Å²) in [6.07, 6.45) is 6.03. The van der Waals surface area contributed by atoms with Crippen LogP contribution in [0.5, 0.6) is 0 Å². The molecular weight excluding hydrogens is 569 g/mol. The summed E-state index contributed by atoms with van der Waals surface area (Å²) in [7, 11) is 0. The second kappa shape index (κ2) is 11.5. The largest absolute Gasteiger partial charge is 0.310 e. The number of benzene rings is 7. The molecule has 0 amide bonds. The number of allylic oxidation sites excluding steroid dienone is 1. The smallest absolute Gasteiger partial charge is 0.0540 e. The quantitative estimate of drug-likeness (QED) is 0.179. The van der Waals surface area contributed by atoms with Gasteiger partial charge >= 0.3 is 0 Å². The van der Waals surface area contributed by atoms with Gasteiger partial charge in [-0.25, -0.2) is 0 Å². The standard InChI is InChI=1S/C45H34N2/c1-3-13-36(14-4-1)46(44-19-9-12-34-11-7-8-17-40(34)44)38-26-21-32(22-27-38)33-23-28-39(29-24-33)47(37-15-5-2-6-16-37)45-20-10-18-41-42(45)30-25-35-31-43(35)41/h1-30,35,43H,31H2. The van der Waals surface area contributed by atoms with Crippen LogP contribution in [0.25, 0.3) is 28.0 Å². The molecule has 0 aromatic heterocycles. The van der Waals surface area contributed by atoms with E-state index in [1.807, 2.05) is 0 Å². The first-order valence-corrected chi connectivity index (χ1v) is 16.5. The Balaban J connectivity index is 1.07. The van der Waals surface area contributed by atoms with Crippen molar-refractivity contribution in [2.24, 2.45) is 5.92 Å². The summed E-state index contributed by atoms with van der Waals surface area (Å²) in [6.45, 7) is 0. The summed E-state index contributed by atoms with van der Waals surface area (Å²) in [6, 6.07) is 61.3. The lowest BCUT2D eigenvalue weighted by atomic mass is 9.94. The number of fused-ring (bicyclic) bond motifs is 4. The molecule has 2 aliphatic rings. The first-order chi connectivity index (χ1) is 23.3. The van der Waals surface area contributed by atoms with E-state index in [-0.39, 0.29) is 0 Å². The van der Waals surface area contributed by atoms with Crippen molar-refractivity contribution in [3.63, 3.8) is 0 Å². The van der Waals surface area contributed by atoms with E-state index in [1.165, 1.54) is 56.5 Å². The van der Waals surface area contributed by atoms with E-state index in [4.69, 9.17) is 0 Å². The number of rotatable bonds is 7. The van der Waals surface area contributed by atoms with E-state index < -0.39 is 0 Å². The molecule has 0 radical (unpaired) electrons. The molecule has 7 aromatic carbocycles. The highest BCUT2D eigenvalue weighted by molar-refractivity contribution is 5.99. The van der Waals surface area contributed by atoms with Gasteiger partial charge in [-0.2, -0.15) is 0 Å². The molecule has 0 heterocycles. The van der Waals surface area contributed by atoms with Gasteiger partial charge in [0.2, 0.25) is 0 Å². The maximum absolute atomic E-state index is 2.41. The molecule has 0 spiro atoms. The Labute approximate surface area is 276 Å². The van der Waals surface area contributed by atoms with Gasteiger partial charge in [0, 0.05) is 33.7 Å². The first-order valence-electron chi connectivity index (χ1n) is 16.5. The zero-order valence-electron chi connectivity index (χ0n) is 26.1. The van der Waals surface area contributed by atoms with E-state index >= 15 is 0 Å². The number of nitrogens with zero attached hydrogens (tertiary/aromatic N) is 2. The molecule has 2 nitrogen and oxygen atoms in total. The predicted molar refractivity (Wildman–Crippen MR) is 199 cm³/mol. The molecule has 9 rings (SSSR count). The van der Waals surface area contributed by atoms with Crippen molar-refractivity contribution >= 4 is 51.0 Å². The van der Waals surface area contributed by atoms with Crippen LogP contribution in [0.3, 0.4) is 0 Å². The van der Waals surface area contributed by atoms with Gasteiger partial charge in [0.15, 0.2) is 0 Å². The summed E-state index contributed by atoms with van der Waals surface area (Å²) < 4.78 is 0. The zero-order chi connectivity index (χ0) is 31.2. The SMILES string of the molecule is C1=CC2CC2c2cccc(N(c3ccccc3)c3ccc(-c4ccc(N(c5ccccc5)c5cccc6ccccc56)cc4)cc3)c21. The van der Waals surface area contributed by atoms with Gasteiger partial charge in [0.1, 0.15) is 0 Å². The highest BCUT2D eigenvalue weighted by Gasteiger charge is 2.40. The van der Waals surface area contributed by atoms with E-state index in [0.717, 1.165) is 23.0 Å². The molecular formula is C45H34N2. The van der Waals surface area contributed by atoms with E-state index in [2.05, 4.69) is 192 Å². The predicted octanol–water partition coefficient (Wildman–Crippen LogP) is 12.6. The Morgan fingerprint density at radius 2 is 0.936 bits per heavy atom. The fraction of sp³-hybridized carbons (Fsp3) is 0.0667. The van der Waals surface area contributed by atoms with Crippen molar-refractivity contribution in [1.29, 1.82) is 0 Å². The number of para-hydroxylation sites is 2. The van der Waals surface area contributed by atoms with Crippen molar-refractivity contribution in [3.05, 3.63) is 187 Å². The number of hydrogen-bond acceptors (Lipinski definition) is 2. The topological polar surface area (TPSA) is 6.48 Å². The van der Waals surface area contributed by atoms with Crippen LogP contribution in [-0.2, 0) is 0 Å². The fourth-order valence-corrected chi connectivity index (χ4v) is 7.29. The minimum absolute atomic E-state index is 0.677.